The number of fused-ring (bicyclic) bond motifs is 1. The number of carbonyl (C=O) groups is 1. The number of H-pyrrole nitrogens is 1. The molecule has 5 heterocycles. The largest absolute Gasteiger partial charge is 0.377 e. The Labute approximate surface area is 192 Å². The summed E-state index contributed by atoms with van der Waals surface area (Å²) in [4.78, 5) is 25.6. The minimum atomic E-state index is -0.704. The summed E-state index contributed by atoms with van der Waals surface area (Å²) in [5.41, 5.74) is 2.49. The molecule has 1 atom stereocenters. The first-order chi connectivity index (χ1) is 16.0. The summed E-state index contributed by atoms with van der Waals surface area (Å²) in [7, 11) is 0. The molecule has 3 aromatic heterocycles. The van der Waals surface area contributed by atoms with Crippen LogP contribution >= 0.6 is 0 Å². The van der Waals surface area contributed by atoms with Gasteiger partial charge in [0.1, 0.15) is 17.0 Å². The Bertz CT molecular complexity index is 1210. The second-order valence-electron chi connectivity index (χ2n) is 8.87. The van der Waals surface area contributed by atoms with E-state index >= 15 is 0 Å². The van der Waals surface area contributed by atoms with E-state index in [1.54, 1.807) is 19.3 Å². The van der Waals surface area contributed by atoms with E-state index < -0.39 is 5.41 Å². The Morgan fingerprint density at radius 3 is 2.76 bits per heavy atom. The number of pyridine rings is 2. The molecule has 3 aromatic rings. The number of rotatable bonds is 3. The van der Waals surface area contributed by atoms with E-state index in [1.807, 2.05) is 17.0 Å². The predicted octanol–water partition coefficient (Wildman–Crippen LogP) is 2.65. The molecule has 170 valence electrons. The van der Waals surface area contributed by atoms with E-state index in [1.165, 1.54) is 0 Å². The van der Waals surface area contributed by atoms with Crippen molar-refractivity contribution in [3.05, 3.63) is 36.2 Å². The summed E-state index contributed by atoms with van der Waals surface area (Å²) in [5, 5.41) is 18.4. The van der Waals surface area contributed by atoms with Crippen molar-refractivity contribution in [1.82, 2.24) is 25.1 Å². The highest BCUT2D eigenvalue weighted by atomic mass is 16.5. The van der Waals surface area contributed by atoms with Crippen LogP contribution in [0.3, 0.4) is 0 Å². The fraction of sp³-hybridized carbons (Fsp3) is 0.458. The molecular formula is C24H27N7O2. The van der Waals surface area contributed by atoms with Crippen LogP contribution in [-0.4, -0.2) is 69.9 Å². The van der Waals surface area contributed by atoms with Crippen molar-refractivity contribution in [2.24, 2.45) is 0 Å². The number of aromatic amines is 1. The normalized spacial score (nSPS) is 20.6. The van der Waals surface area contributed by atoms with Crippen LogP contribution < -0.4 is 4.90 Å². The predicted molar refractivity (Wildman–Crippen MR) is 124 cm³/mol. The maximum atomic E-state index is 11.9. The molecule has 2 aliphatic heterocycles. The maximum absolute atomic E-state index is 11.9. The van der Waals surface area contributed by atoms with E-state index in [0.29, 0.717) is 44.8 Å². The number of likely N-dealkylation sites (tertiary alicyclic amines) is 1. The fourth-order valence-corrected chi connectivity index (χ4v) is 4.98. The lowest BCUT2D eigenvalue weighted by molar-refractivity contribution is -0.130. The lowest BCUT2D eigenvalue weighted by atomic mass is 9.72. The Kier molecular flexibility index (Phi) is 5.46. The molecule has 1 N–H and O–H groups in total. The number of anilines is 1. The Morgan fingerprint density at radius 1 is 1.27 bits per heavy atom. The van der Waals surface area contributed by atoms with Gasteiger partial charge in [-0.25, -0.2) is 4.98 Å². The lowest BCUT2D eigenvalue weighted by Gasteiger charge is -2.39. The minimum absolute atomic E-state index is 0.0506. The Hall–Kier alpha value is -3.51. The topological polar surface area (TPSA) is 111 Å². The molecule has 2 fully saturated rings. The van der Waals surface area contributed by atoms with E-state index in [9.17, 15) is 10.1 Å². The van der Waals surface area contributed by atoms with Crippen LogP contribution in [-0.2, 0) is 14.9 Å². The van der Waals surface area contributed by atoms with Gasteiger partial charge in [0.2, 0.25) is 5.91 Å². The SMILES string of the molecule is CC(=O)N1CCC(C#N)(c2cc(N3CCOC[C@H]3C)nc3c(-c4ccn[nH]4)nccc23)CC1. The summed E-state index contributed by atoms with van der Waals surface area (Å²) in [6.07, 6.45) is 4.62. The molecule has 0 aliphatic carbocycles. The van der Waals surface area contributed by atoms with Crippen LogP contribution in [0.5, 0.6) is 0 Å². The zero-order chi connectivity index (χ0) is 23.0. The van der Waals surface area contributed by atoms with Crippen molar-refractivity contribution in [2.45, 2.75) is 38.1 Å². The van der Waals surface area contributed by atoms with Gasteiger partial charge in [-0.15, -0.1) is 0 Å². The molecule has 0 aromatic carbocycles. The van der Waals surface area contributed by atoms with Gasteiger partial charge < -0.3 is 14.5 Å². The monoisotopic (exact) mass is 445 g/mol. The highest BCUT2D eigenvalue weighted by molar-refractivity contribution is 5.94. The first-order valence-electron chi connectivity index (χ1n) is 11.3. The lowest BCUT2D eigenvalue weighted by Crippen LogP contribution is -2.45. The number of nitrogens with zero attached hydrogens (tertiary/aromatic N) is 6. The van der Waals surface area contributed by atoms with Gasteiger partial charge in [0, 0.05) is 44.3 Å². The smallest absolute Gasteiger partial charge is 0.219 e. The van der Waals surface area contributed by atoms with Crippen molar-refractivity contribution in [3.8, 4) is 17.5 Å². The number of hydrogen-bond donors (Lipinski definition) is 1. The standard InChI is InChI=1S/C24H27N7O2/c1-16-14-33-12-11-31(16)21-13-19(24(15-25)5-9-30(10-6-24)17(2)32)18-3-7-26-23(22(18)28-21)20-4-8-27-29-20/h3-4,7-8,13,16H,5-6,9-12,14H2,1-2H3,(H,27,29)/t16-/m1/s1. The molecule has 33 heavy (non-hydrogen) atoms. The molecule has 1 amide bonds. The summed E-state index contributed by atoms with van der Waals surface area (Å²) < 4.78 is 5.64. The zero-order valence-corrected chi connectivity index (χ0v) is 18.9. The third-order valence-electron chi connectivity index (χ3n) is 6.92. The van der Waals surface area contributed by atoms with Gasteiger partial charge in [0.15, 0.2) is 0 Å². The second-order valence-corrected chi connectivity index (χ2v) is 8.87. The third kappa shape index (κ3) is 3.70. The van der Waals surface area contributed by atoms with E-state index in [2.05, 4.69) is 39.1 Å². The molecule has 9 heteroatoms. The fourth-order valence-electron chi connectivity index (χ4n) is 4.98. The summed E-state index contributed by atoms with van der Waals surface area (Å²) >= 11 is 0. The molecule has 2 aliphatic rings. The maximum Gasteiger partial charge on any atom is 0.219 e. The van der Waals surface area contributed by atoms with Gasteiger partial charge in [-0.2, -0.15) is 10.4 Å². The molecule has 0 radical (unpaired) electrons. The van der Waals surface area contributed by atoms with Crippen LogP contribution in [0.1, 0.15) is 32.3 Å². The molecule has 0 bridgehead atoms. The van der Waals surface area contributed by atoms with Crippen LogP contribution in [0.15, 0.2) is 30.6 Å². The van der Waals surface area contributed by atoms with Crippen LogP contribution in [0.2, 0.25) is 0 Å². The number of morpholine rings is 1. The molecular weight excluding hydrogens is 418 g/mol. The highest BCUT2D eigenvalue weighted by Crippen LogP contribution is 2.41. The van der Waals surface area contributed by atoms with Crippen LogP contribution in [0, 0.1) is 11.3 Å². The number of nitrogens with one attached hydrogen (secondary N) is 1. The molecule has 9 nitrogen and oxygen atoms in total. The number of nitriles is 1. The third-order valence-corrected chi connectivity index (χ3v) is 6.92. The molecule has 0 spiro atoms. The number of amides is 1. The number of aromatic nitrogens is 4. The number of ether oxygens (including phenoxy) is 1. The van der Waals surface area contributed by atoms with Gasteiger partial charge in [-0.05, 0) is 43.5 Å². The molecule has 2 saturated heterocycles. The van der Waals surface area contributed by atoms with Gasteiger partial charge in [-0.1, -0.05) is 0 Å². The van der Waals surface area contributed by atoms with Crippen molar-refractivity contribution in [1.29, 1.82) is 5.26 Å². The Balaban J connectivity index is 1.71. The van der Waals surface area contributed by atoms with Crippen molar-refractivity contribution >= 4 is 22.6 Å². The number of carbonyl (C=O) groups excluding carboxylic acids is 1. The van der Waals surface area contributed by atoms with E-state index in [-0.39, 0.29) is 11.9 Å². The number of piperidine rings is 1. The summed E-state index contributed by atoms with van der Waals surface area (Å²) in [6, 6.07) is 8.69. The Morgan fingerprint density at radius 2 is 2.09 bits per heavy atom. The molecule has 0 unspecified atom stereocenters. The average molecular weight is 446 g/mol. The zero-order valence-electron chi connectivity index (χ0n) is 18.9. The summed E-state index contributed by atoms with van der Waals surface area (Å²) in [6.45, 7) is 6.83. The van der Waals surface area contributed by atoms with Crippen LogP contribution in [0.25, 0.3) is 22.3 Å². The van der Waals surface area contributed by atoms with Crippen molar-refractivity contribution in [2.75, 3.05) is 37.7 Å². The van der Waals surface area contributed by atoms with E-state index in [4.69, 9.17) is 9.72 Å². The van der Waals surface area contributed by atoms with Crippen molar-refractivity contribution < 1.29 is 9.53 Å². The quantitative estimate of drug-likeness (QED) is 0.660. The van der Waals surface area contributed by atoms with Gasteiger partial charge in [0.05, 0.1) is 36.4 Å². The van der Waals surface area contributed by atoms with Gasteiger partial charge >= 0.3 is 0 Å². The van der Waals surface area contributed by atoms with Crippen molar-refractivity contribution in [3.63, 3.8) is 0 Å². The minimum Gasteiger partial charge on any atom is -0.377 e. The van der Waals surface area contributed by atoms with Crippen LogP contribution in [0.4, 0.5) is 5.82 Å². The summed E-state index contributed by atoms with van der Waals surface area (Å²) in [5.74, 6) is 0.875. The first kappa shape index (κ1) is 21.3. The van der Waals surface area contributed by atoms with E-state index in [0.717, 1.165) is 34.5 Å². The average Bonchev–Trinajstić information content (AvgIpc) is 3.38. The second kappa shape index (κ2) is 8.45. The number of hydrogen-bond acceptors (Lipinski definition) is 7. The van der Waals surface area contributed by atoms with Gasteiger partial charge in [-0.3, -0.25) is 14.9 Å². The molecule has 5 rings (SSSR count). The molecule has 0 saturated carbocycles. The highest BCUT2D eigenvalue weighted by Gasteiger charge is 2.39. The first-order valence-corrected chi connectivity index (χ1v) is 11.3. The van der Waals surface area contributed by atoms with Gasteiger partial charge in [0.25, 0.3) is 0 Å².